The van der Waals surface area contributed by atoms with Crippen LogP contribution in [0.1, 0.15) is 0 Å². The molecule has 1 heterocycles. The van der Waals surface area contributed by atoms with Crippen molar-refractivity contribution < 1.29 is 23.0 Å². The van der Waals surface area contributed by atoms with Gasteiger partial charge in [0.1, 0.15) is 3.70 Å². The fourth-order valence-electron chi connectivity index (χ4n) is 0.706. The summed E-state index contributed by atoms with van der Waals surface area (Å²) in [7, 11) is 0. The van der Waals surface area contributed by atoms with Crippen LogP contribution in [0.2, 0.25) is 0 Å². The number of ether oxygens (including phenoxy) is 1. The van der Waals surface area contributed by atoms with E-state index in [2.05, 4.69) is 9.72 Å². The van der Waals surface area contributed by atoms with Crippen molar-refractivity contribution in [2.45, 2.75) is 6.36 Å². The lowest BCUT2D eigenvalue weighted by Gasteiger charge is -2.11. The molecule has 0 aromatic carbocycles. The zero-order valence-electron chi connectivity index (χ0n) is 6.47. The van der Waals surface area contributed by atoms with Crippen LogP contribution in [-0.2, 0) is 0 Å². The molecule has 0 saturated carbocycles. The number of pyridine rings is 1. The van der Waals surface area contributed by atoms with Gasteiger partial charge in [0, 0.05) is 6.07 Å². The van der Waals surface area contributed by atoms with E-state index in [1.807, 2.05) is 0 Å². The van der Waals surface area contributed by atoms with Crippen molar-refractivity contribution in [3.8, 4) is 11.5 Å². The van der Waals surface area contributed by atoms with Crippen LogP contribution in [0.25, 0.3) is 0 Å². The lowest BCUT2D eigenvalue weighted by atomic mass is 10.4. The number of nitrogen functional groups attached to an aromatic ring is 1. The second-order valence-electron chi connectivity index (χ2n) is 2.22. The summed E-state index contributed by atoms with van der Waals surface area (Å²) in [5.41, 5.74) is 5.13. The normalized spacial score (nSPS) is 11.4. The molecule has 78 valence electrons. The number of anilines is 1. The van der Waals surface area contributed by atoms with Crippen LogP contribution in [0, 0.1) is 3.70 Å². The van der Waals surface area contributed by atoms with Crippen LogP contribution in [0.3, 0.4) is 0 Å². The third-order valence-corrected chi connectivity index (χ3v) is 1.73. The largest absolute Gasteiger partial charge is 0.573 e. The maximum atomic E-state index is 11.8. The highest BCUT2D eigenvalue weighted by atomic mass is 127. The molecule has 0 aliphatic heterocycles. The average molecular weight is 320 g/mol. The number of nitrogens with zero attached hydrogens (tertiary/aromatic N) is 1. The van der Waals surface area contributed by atoms with Gasteiger partial charge in [-0.3, -0.25) is 0 Å². The molecule has 0 saturated heterocycles. The van der Waals surface area contributed by atoms with Crippen molar-refractivity contribution in [3.63, 3.8) is 0 Å². The monoisotopic (exact) mass is 320 g/mol. The zero-order valence-corrected chi connectivity index (χ0v) is 8.63. The summed E-state index contributed by atoms with van der Waals surface area (Å²) in [4.78, 5) is 3.53. The molecule has 1 rings (SSSR count). The molecule has 0 aliphatic carbocycles. The van der Waals surface area contributed by atoms with Gasteiger partial charge >= 0.3 is 6.36 Å². The molecule has 0 atom stereocenters. The Bertz CT molecular complexity index is 356. The SMILES string of the molecule is Nc1nc(I)cc(OC(F)(F)F)c1O. The summed E-state index contributed by atoms with van der Waals surface area (Å²) in [5, 5.41) is 9.07. The predicted molar refractivity (Wildman–Crippen MR) is 49.7 cm³/mol. The van der Waals surface area contributed by atoms with E-state index in [1.54, 1.807) is 22.6 Å². The van der Waals surface area contributed by atoms with Gasteiger partial charge in [0.05, 0.1) is 0 Å². The highest BCUT2D eigenvalue weighted by molar-refractivity contribution is 14.1. The van der Waals surface area contributed by atoms with Crippen LogP contribution in [0.5, 0.6) is 11.5 Å². The van der Waals surface area contributed by atoms with E-state index in [0.29, 0.717) is 0 Å². The predicted octanol–water partition coefficient (Wildman–Crippen LogP) is 1.87. The van der Waals surface area contributed by atoms with Gasteiger partial charge in [-0.1, -0.05) is 0 Å². The average Bonchev–Trinajstić information content (AvgIpc) is 1.96. The van der Waals surface area contributed by atoms with Crippen molar-refractivity contribution in [2.75, 3.05) is 5.73 Å². The maximum absolute atomic E-state index is 11.8. The van der Waals surface area contributed by atoms with Crippen LogP contribution >= 0.6 is 22.6 Å². The van der Waals surface area contributed by atoms with Gasteiger partial charge in [-0.15, -0.1) is 13.2 Å². The third-order valence-electron chi connectivity index (χ3n) is 1.18. The van der Waals surface area contributed by atoms with E-state index in [9.17, 15) is 13.2 Å². The molecule has 0 radical (unpaired) electrons. The minimum atomic E-state index is -4.87. The van der Waals surface area contributed by atoms with E-state index in [1.165, 1.54) is 0 Å². The fraction of sp³-hybridized carbons (Fsp3) is 0.167. The van der Waals surface area contributed by atoms with Gasteiger partial charge < -0.3 is 15.6 Å². The number of nitrogens with two attached hydrogens (primary N) is 1. The second-order valence-corrected chi connectivity index (χ2v) is 3.33. The van der Waals surface area contributed by atoms with Crippen LogP contribution in [-0.4, -0.2) is 16.5 Å². The molecular weight excluding hydrogens is 316 g/mol. The molecule has 0 amide bonds. The fourth-order valence-corrected chi connectivity index (χ4v) is 1.25. The maximum Gasteiger partial charge on any atom is 0.573 e. The molecular formula is C6H4F3IN2O2. The van der Waals surface area contributed by atoms with Crippen molar-refractivity contribution >= 4 is 28.4 Å². The number of aromatic nitrogens is 1. The Morgan fingerprint density at radius 1 is 1.50 bits per heavy atom. The van der Waals surface area contributed by atoms with E-state index >= 15 is 0 Å². The first-order valence-electron chi connectivity index (χ1n) is 3.20. The quantitative estimate of drug-likeness (QED) is 0.612. The van der Waals surface area contributed by atoms with Gasteiger partial charge in [0.15, 0.2) is 11.6 Å². The summed E-state index contributed by atoms with van der Waals surface area (Å²) >= 11 is 1.65. The lowest BCUT2D eigenvalue weighted by molar-refractivity contribution is -0.275. The smallest absolute Gasteiger partial charge is 0.502 e. The molecule has 0 fully saturated rings. The molecule has 1 aromatic rings. The molecule has 1 aromatic heterocycles. The van der Waals surface area contributed by atoms with Crippen molar-refractivity contribution in [2.24, 2.45) is 0 Å². The van der Waals surface area contributed by atoms with Gasteiger partial charge in [-0.25, -0.2) is 4.98 Å². The van der Waals surface area contributed by atoms with E-state index in [4.69, 9.17) is 10.8 Å². The Morgan fingerprint density at radius 2 is 2.07 bits per heavy atom. The highest BCUT2D eigenvalue weighted by Gasteiger charge is 2.33. The number of hydrogen-bond acceptors (Lipinski definition) is 4. The molecule has 0 unspecified atom stereocenters. The highest BCUT2D eigenvalue weighted by Crippen LogP contribution is 2.35. The number of alkyl halides is 3. The van der Waals surface area contributed by atoms with Crippen LogP contribution in [0.4, 0.5) is 19.0 Å². The first-order chi connectivity index (χ1) is 6.29. The van der Waals surface area contributed by atoms with Gasteiger partial charge in [-0.2, -0.15) is 0 Å². The Labute approximate surface area is 90.0 Å². The molecule has 0 spiro atoms. The van der Waals surface area contributed by atoms with E-state index in [-0.39, 0.29) is 3.70 Å². The minimum Gasteiger partial charge on any atom is -0.502 e. The van der Waals surface area contributed by atoms with Crippen molar-refractivity contribution in [1.82, 2.24) is 4.98 Å². The van der Waals surface area contributed by atoms with E-state index < -0.39 is 23.7 Å². The van der Waals surface area contributed by atoms with Crippen LogP contribution < -0.4 is 10.5 Å². The first kappa shape index (κ1) is 11.1. The van der Waals surface area contributed by atoms with Crippen LogP contribution in [0.15, 0.2) is 6.07 Å². The molecule has 14 heavy (non-hydrogen) atoms. The summed E-state index contributed by atoms with van der Waals surface area (Å²) in [5.74, 6) is -1.98. The Kier molecular flexibility index (Phi) is 2.92. The molecule has 3 N–H and O–H groups in total. The number of rotatable bonds is 1. The number of aromatic hydroxyl groups is 1. The van der Waals surface area contributed by atoms with Crippen molar-refractivity contribution in [3.05, 3.63) is 9.77 Å². The summed E-state index contributed by atoms with van der Waals surface area (Å²) < 4.78 is 39.1. The number of hydrogen-bond donors (Lipinski definition) is 2. The molecule has 4 nitrogen and oxygen atoms in total. The third kappa shape index (κ3) is 2.79. The lowest BCUT2D eigenvalue weighted by Crippen LogP contribution is -2.17. The topological polar surface area (TPSA) is 68.4 Å². The Morgan fingerprint density at radius 3 is 2.57 bits per heavy atom. The van der Waals surface area contributed by atoms with Crippen molar-refractivity contribution in [1.29, 1.82) is 0 Å². The number of halogens is 4. The second kappa shape index (κ2) is 3.67. The minimum absolute atomic E-state index is 0.192. The standard InChI is InChI=1S/C6H4F3IN2O2/c7-6(8,9)14-2-1-3(10)12-5(11)4(2)13/h1,13H,(H2,11,12). The molecule has 0 aliphatic rings. The zero-order chi connectivity index (χ0) is 10.9. The summed E-state index contributed by atoms with van der Waals surface area (Å²) in [6.07, 6.45) is -4.87. The summed E-state index contributed by atoms with van der Waals surface area (Å²) in [6, 6.07) is 0.930. The van der Waals surface area contributed by atoms with E-state index in [0.717, 1.165) is 6.07 Å². The summed E-state index contributed by atoms with van der Waals surface area (Å²) in [6.45, 7) is 0. The Hall–Kier alpha value is -0.930. The van der Waals surface area contributed by atoms with Gasteiger partial charge in [-0.05, 0) is 22.6 Å². The molecule has 8 heteroatoms. The van der Waals surface area contributed by atoms with Gasteiger partial charge in [0.2, 0.25) is 5.75 Å². The first-order valence-corrected chi connectivity index (χ1v) is 4.28. The Balaban J connectivity index is 3.09. The molecule has 0 bridgehead atoms. The van der Waals surface area contributed by atoms with Gasteiger partial charge in [0.25, 0.3) is 0 Å².